The molecule has 18 heavy (non-hydrogen) atoms. The van der Waals surface area contributed by atoms with E-state index < -0.39 is 0 Å². The lowest BCUT2D eigenvalue weighted by molar-refractivity contribution is -0.120. The average Bonchev–Trinajstić information content (AvgIpc) is 2.73. The molecule has 1 aliphatic rings. The molecule has 2 atom stereocenters. The maximum atomic E-state index is 11.8. The number of aliphatic hydroxyl groups excluding tert-OH is 1. The molecule has 3 nitrogen and oxygen atoms in total. The van der Waals surface area contributed by atoms with Crippen molar-refractivity contribution in [1.82, 2.24) is 5.32 Å². The van der Waals surface area contributed by atoms with Crippen molar-refractivity contribution >= 4 is 21.8 Å². The normalized spacial score (nSPS) is 23.0. The molecule has 0 heterocycles. The van der Waals surface area contributed by atoms with E-state index in [2.05, 4.69) is 21.2 Å². The molecule has 98 valence electrons. The van der Waals surface area contributed by atoms with E-state index in [0.717, 1.165) is 29.3 Å². The van der Waals surface area contributed by atoms with Crippen LogP contribution < -0.4 is 5.32 Å². The van der Waals surface area contributed by atoms with Gasteiger partial charge in [-0.1, -0.05) is 28.1 Å². The Kier molecular flexibility index (Phi) is 4.78. The van der Waals surface area contributed by atoms with Crippen molar-refractivity contribution in [2.24, 2.45) is 5.92 Å². The molecule has 0 saturated heterocycles. The summed E-state index contributed by atoms with van der Waals surface area (Å²) in [5.74, 6) is 0.487. The highest BCUT2D eigenvalue weighted by atomic mass is 79.9. The van der Waals surface area contributed by atoms with Crippen LogP contribution in [-0.4, -0.2) is 23.7 Å². The zero-order chi connectivity index (χ0) is 13.0. The summed E-state index contributed by atoms with van der Waals surface area (Å²) in [4.78, 5) is 11.8. The summed E-state index contributed by atoms with van der Waals surface area (Å²) in [6.07, 6.45) is 2.94. The van der Waals surface area contributed by atoms with Gasteiger partial charge in [-0.15, -0.1) is 0 Å². The first-order chi connectivity index (χ1) is 8.63. The maximum Gasteiger partial charge on any atom is 0.224 e. The molecule has 2 unspecified atom stereocenters. The van der Waals surface area contributed by atoms with Crippen molar-refractivity contribution in [1.29, 1.82) is 0 Å². The summed E-state index contributed by atoms with van der Waals surface area (Å²) in [6, 6.07) is 7.78. The monoisotopic (exact) mass is 311 g/mol. The molecule has 1 aromatic carbocycles. The largest absolute Gasteiger partial charge is 0.393 e. The van der Waals surface area contributed by atoms with E-state index in [1.165, 1.54) is 0 Å². The number of hydrogen-bond donors (Lipinski definition) is 2. The number of benzene rings is 1. The minimum absolute atomic E-state index is 0.0505. The lowest BCUT2D eigenvalue weighted by Crippen LogP contribution is -2.29. The first-order valence-electron chi connectivity index (χ1n) is 6.32. The highest BCUT2D eigenvalue weighted by molar-refractivity contribution is 9.10. The SMILES string of the molecule is O=C(Cc1cccc(Br)c1)NCC1CCC(O)C1. The molecule has 1 amide bonds. The molecule has 0 bridgehead atoms. The second-order valence-electron chi connectivity index (χ2n) is 4.94. The average molecular weight is 312 g/mol. The van der Waals surface area contributed by atoms with E-state index in [-0.39, 0.29) is 12.0 Å². The molecular formula is C14H18BrNO2. The van der Waals surface area contributed by atoms with Gasteiger partial charge in [0.15, 0.2) is 0 Å². The highest BCUT2D eigenvalue weighted by Crippen LogP contribution is 2.24. The smallest absolute Gasteiger partial charge is 0.224 e. The molecule has 0 aromatic heterocycles. The molecule has 0 radical (unpaired) electrons. The third kappa shape index (κ3) is 4.10. The first-order valence-corrected chi connectivity index (χ1v) is 7.12. The minimum atomic E-state index is -0.169. The predicted octanol–water partition coefficient (Wildman–Crippen LogP) is 2.27. The van der Waals surface area contributed by atoms with E-state index in [4.69, 9.17) is 0 Å². The van der Waals surface area contributed by atoms with Gasteiger partial charge in [0.2, 0.25) is 5.91 Å². The number of rotatable bonds is 4. The quantitative estimate of drug-likeness (QED) is 0.896. The van der Waals surface area contributed by atoms with E-state index in [1.807, 2.05) is 24.3 Å². The van der Waals surface area contributed by atoms with Crippen LogP contribution in [0.15, 0.2) is 28.7 Å². The molecule has 0 aliphatic heterocycles. The van der Waals surface area contributed by atoms with E-state index in [1.54, 1.807) is 0 Å². The van der Waals surface area contributed by atoms with Crippen molar-refractivity contribution in [3.05, 3.63) is 34.3 Å². The summed E-state index contributed by atoms with van der Waals surface area (Å²) < 4.78 is 0.992. The molecule has 1 fully saturated rings. The number of hydrogen-bond acceptors (Lipinski definition) is 2. The third-order valence-electron chi connectivity index (χ3n) is 3.36. The van der Waals surface area contributed by atoms with E-state index >= 15 is 0 Å². The molecule has 2 N–H and O–H groups in total. The first kappa shape index (κ1) is 13.6. The zero-order valence-corrected chi connectivity index (χ0v) is 11.8. The Hall–Kier alpha value is -0.870. The van der Waals surface area contributed by atoms with Crippen LogP contribution in [-0.2, 0) is 11.2 Å². The van der Waals surface area contributed by atoms with Gasteiger partial charge in [-0.2, -0.15) is 0 Å². The summed E-state index contributed by atoms with van der Waals surface area (Å²) in [5, 5.41) is 12.4. The number of nitrogens with one attached hydrogen (secondary N) is 1. The Morgan fingerprint density at radius 3 is 2.94 bits per heavy atom. The standard InChI is InChI=1S/C14H18BrNO2/c15-12-3-1-2-10(6-12)8-14(18)16-9-11-4-5-13(17)7-11/h1-3,6,11,13,17H,4-5,7-9H2,(H,16,18). The maximum absolute atomic E-state index is 11.8. The second kappa shape index (κ2) is 6.34. The summed E-state index contributed by atoms with van der Waals surface area (Å²) in [5.41, 5.74) is 1.01. The molecule has 0 spiro atoms. The van der Waals surface area contributed by atoms with Crippen molar-refractivity contribution in [3.63, 3.8) is 0 Å². The molecular weight excluding hydrogens is 294 g/mol. The Morgan fingerprint density at radius 2 is 2.28 bits per heavy atom. The van der Waals surface area contributed by atoms with Crippen molar-refractivity contribution in [3.8, 4) is 0 Å². The van der Waals surface area contributed by atoms with Gasteiger partial charge in [0.1, 0.15) is 0 Å². The Morgan fingerprint density at radius 1 is 1.44 bits per heavy atom. The predicted molar refractivity (Wildman–Crippen MR) is 74.2 cm³/mol. The number of halogens is 1. The van der Waals surface area contributed by atoms with Gasteiger partial charge in [0.25, 0.3) is 0 Å². The molecule has 1 aromatic rings. The van der Waals surface area contributed by atoms with Gasteiger partial charge in [0.05, 0.1) is 12.5 Å². The van der Waals surface area contributed by atoms with Gasteiger partial charge < -0.3 is 10.4 Å². The lowest BCUT2D eigenvalue weighted by Gasteiger charge is -2.11. The number of aliphatic hydroxyl groups is 1. The van der Waals surface area contributed by atoms with Crippen LogP contribution in [0.4, 0.5) is 0 Å². The molecule has 4 heteroatoms. The molecule has 2 rings (SSSR count). The van der Waals surface area contributed by atoms with Crippen LogP contribution in [0.1, 0.15) is 24.8 Å². The van der Waals surface area contributed by atoms with Crippen molar-refractivity contribution in [2.75, 3.05) is 6.54 Å². The van der Waals surface area contributed by atoms with Gasteiger partial charge >= 0.3 is 0 Å². The van der Waals surface area contributed by atoms with Crippen LogP contribution in [0.25, 0.3) is 0 Å². The van der Waals surface area contributed by atoms with Crippen molar-refractivity contribution in [2.45, 2.75) is 31.8 Å². The van der Waals surface area contributed by atoms with Crippen LogP contribution in [0.5, 0.6) is 0 Å². The molecule has 1 aliphatic carbocycles. The fourth-order valence-electron chi connectivity index (χ4n) is 2.39. The molecule has 1 saturated carbocycles. The van der Waals surface area contributed by atoms with Gasteiger partial charge in [-0.3, -0.25) is 4.79 Å². The second-order valence-corrected chi connectivity index (χ2v) is 5.86. The number of amides is 1. The lowest BCUT2D eigenvalue weighted by atomic mass is 10.1. The number of carbonyl (C=O) groups is 1. The topological polar surface area (TPSA) is 49.3 Å². The minimum Gasteiger partial charge on any atom is -0.393 e. The fraction of sp³-hybridized carbons (Fsp3) is 0.500. The summed E-state index contributed by atoms with van der Waals surface area (Å²) in [7, 11) is 0. The Bertz CT molecular complexity index is 422. The Balaban J connectivity index is 1.75. The van der Waals surface area contributed by atoms with Gasteiger partial charge in [0, 0.05) is 11.0 Å². The summed E-state index contributed by atoms with van der Waals surface area (Å²) in [6.45, 7) is 0.684. The fourth-order valence-corrected chi connectivity index (χ4v) is 2.83. The van der Waals surface area contributed by atoms with Gasteiger partial charge in [-0.25, -0.2) is 0 Å². The Labute approximate surface area is 116 Å². The van der Waals surface area contributed by atoms with E-state index in [0.29, 0.717) is 18.9 Å². The van der Waals surface area contributed by atoms with E-state index in [9.17, 15) is 9.90 Å². The van der Waals surface area contributed by atoms with Crippen LogP contribution in [0.3, 0.4) is 0 Å². The van der Waals surface area contributed by atoms with Crippen molar-refractivity contribution < 1.29 is 9.90 Å². The van der Waals surface area contributed by atoms with Crippen LogP contribution >= 0.6 is 15.9 Å². The number of carbonyl (C=O) groups excluding carboxylic acids is 1. The van der Waals surface area contributed by atoms with Gasteiger partial charge in [-0.05, 0) is 42.9 Å². The van der Waals surface area contributed by atoms with Crippen LogP contribution in [0, 0.1) is 5.92 Å². The highest BCUT2D eigenvalue weighted by Gasteiger charge is 2.22. The summed E-state index contributed by atoms with van der Waals surface area (Å²) >= 11 is 3.39. The zero-order valence-electron chi connectivity index (χ0n) is 10.2. The van der Waals surface area contributed by atoms with Crippen LogP contribution in [0.2, 0.25) is 0 Å². The third-order valence-corrected chi connectivity index (χ3v) is 3.85.